The molecular formula is C11H14IN3O. The van der Waals surface area contributed by atoms with E-state index in [2.05, 4.69) is 38.1 Å². The highest BCUT2D eigenvalue weighted by Crippen LogP contribution is 2.36. The lowest BCUT2D eigenvalue weighted by atomic mass is 10.0. The molecule has 2 heterocycles. The first-order valence-electron chi connectivity index (χ1n) is 5.68. The van der Waals surface area contributed by atoms with E-state index in [9.17, 15) is 0 Å². The van der Waals surface area contributed by atoms with Crippen molar-refractivity contribution in [3.63, 3.8) is 0 Å². The first kappa shape index (κ1) is 10.7. The Morgan fingerprint density at radius 3 is 2.56 bits per heavy atom. The van der Waals surface area contributed by atoms with Crippen LogP contribution in [0.4, 0.5) is 0 Å². The fourth-order valence-corrected chi connectivity index (χ4v) is 3.03. The molecule has 16 heavy (non-hydrogen) atoms. The molecule has 2 fully saturated rings. The molecule has 1 unspecified atom stereocenters. The molecule has 1 aliphatic heterocycles. The number of hydrogen-bond donors (Lipinski definition) is 1. The zero-order valence-electron chi connectivity index (χ0n) is 8.90. The fraction of sp³-hybridized carbons (Fsp3) is 0.636. The monoisotopic (exact) mass is 331 g/mol. The van der Waals surface area contributed by atoms with E-state index < -0.39 is 0 Å². The predicted molar refractivity (Wildman–Crippen MR) is 68.2 cm³/mol. The summed E-state index contributed by atoms with van der Waals surface area (Å²) in [6.45, 7) is 2.31. The van der Waals surface area contributed by atoms with Gasteiger partial charge in [0.15, 0.2) is 0 Å². The summed E-state index contributed by atoms with van der Waals surface area (Å²) < 4.78 is 6.76. The van der Waals surface area contributed by atoms with Crippen molar-refractivity contribution in [2.24, 2.45) is 11.8 Å². The molecule has 5 heteroatoms. The van der Waals surface area contributed by atoms with E-state index in [4.69, 9.17) is 4.74 Å². The van der Waals surface area contributed by atoms with Crippen LogP contribution in [-0.4, -0.2) is 29.4 Å². The second-order valence-corrected chi connectivity index (χ2v) is 5.69. The van der Waals surface area contributed by atoms with Gasteiger partial charge < -0.3 is 10.1 Å². The van der Waals surface area contributed by atoms with Crippen LogP contribution in [0.2, 0.25) is 0 Å². The number of nitrogens with zero attached hydrogens (tertiary/aromatic N) is 2. The van der Waals surface area contributed by atoms with E-state index in [1.165, 1.54) is 0 Å². The summed E-state index contributed by atoms with van der Waals surface area (Å²) in [5.74, 6) is 2.28. The Balaban J connectivity index is 1.62. The standard InChI is InChI=1S/C11H14IN3O/c12-10-1-2-11(15-14-10)16-9-3-7-5-13-6-8(7)4-9/h1-2,7-9,13H,3-6H2/t7-,8?,9+/m1/s1. The molecule has 0 spiro atoms. The Bertz CT molecular complexity index is 358. The van der Waals surface area contributed by atoms with Crippen molar-refractivity contribution >= 4 is 22.6 Å². The van der Waals surface area contributed by atoms with Crippen molar-refractivity contribution in [1.29, 1.82) is 0 Å². The van der Waals surface area contributed by atoms with Crippen LogP contribution in [0.5, 0.6) is 5.88 Å². The van der Waals surface area contributed by atoms with Crippen molar-refractivity contribution in [3.05, 3.63) is 15.8 Å². The zero-order chi connectivity index (χ0) is 11.0. The Hall–Kier alpha value is -0.430. The second-order valence-electron chi connectivity index (χ2n) is 4.58. The molecule has 0 amide bonds. The Morgan fingerprint density at radius 2 is 1.94 bits per heavy atom. The van der Waals surface area contributed by atoms with Gasteiger partial charge in [-0.25, -0.2) is 0 Å². The van der Waals surface area contributed by atoms with Gasteiger partial charge in [-0.2, -0.15) is 0 Å². The Labute approximate surface area is 108 Å². The molecule has 1 saturated heterocycles. The number of fused-ring (bicyclic) bond motifs is 1. The normalized spacial score (nSPS) is 32.7. The summed E-state index contributed by atoms with van der Waals surface area (Å²) in [7, 11) is 0. The molecule has 0 aromatic carbocycles. The van der Waals surface area contributed by atoms with Gasteiger partial charge in [0.2, 0.25) is 5.88 Å². The fourth-order valence-electron chi connectivity index (χ4n) is 2.74. The third kappa shape index (κ3) is 2.15. The van der Waals surface area contributed by atoms with E-state index >= 15 is 0 Å². The predicted octanol–water partition coefficient (Wildman–Crippen LogP) is 1.46. The van der Waals surface area contributed by atoms with Crippen molar-refractivity contribution in [2.45, 2.75) is 18.9 Å². The molecule has 4 nitrogen and oxygen atoms in total. The maximum Gasteiger partial charge on any atom is 0.233 e. The average molecular weight is 331 g/mol. The van der Waals surface area contributed by atoms with Crippen LogP contribution >= 0.6 is 22.6 Å². The minimum absolute atomic E-state index is 0.339. The third-order valence-electron chi connectivity index (χ3n) is 3.51. The summed E-state index contributed by atoms with van der Waals surface area (Å²) in [5, 5.41) is 11.5. The van der Waals surface area contributed by atoms with Gasteiger partial charge in [0.05, 0.1) is 0 Å². The number of rotatable bonds is 2. The molecular weight excluding hydrogens is 317 g/mol. The van der Waals surface area contributed by atoms with Crippen LogP contribution in [0, 0.1) is 15.5 Å². The van der Waals surface area contributed by atoms with Gasteiger partial charge in [-0.3, -0.25) is 0 Å². The zero-order valence-corrected chi connectivity index (χ0v) is 11.1. The van der Waals surface area contributed by atoms with Gasteiger partial charge in [-0.05, 0) is 66.4 Å². The van der Waals surface area contributed by atoms with Crippen molar-refractivity contribution in [3.8, 4) is 5.88 Å². The Kier molecular flexibility index (Phi) is 2.97. The molecule has 1 saturated carbocycles. The van der Waals surface area contributed by atoms with Gasteiger partial charge in [-0.15, -0.1) is 10.2 Å². The summed E-state index contributed by atoms with van der Waals surface area (Å²) in [6, 6.07) is 3.83. The lowest BCUT2D eigenvalue weighted by molar-refractivity contribution is 0.189. The van der Waals surface area contributed by atoms with Crippen molar-refractivity contribution in [1.82, 2.24) is 15.5 Å². The van der Waals surface area contributed by atoms with Crippen LogP contribution in [0.1, 0.15) is 12.8 Å². The number of ether oxygens (including phenoxy) is 1. The van der Waals surface area contributed by atoms with Crippen molar-refractivity contribution < 1.29 is 4.74 Å². The number of nitrogens with one attached hydrogen (secondary N) is 1. The molecule has 3 atom stereocenters. The van der Waals surface area contributed by atoms with Gasteiger partial charge in [-0.1, -0.05) is 0 Å². The topological polar surface area (TPSA) is 47.0 Å². The summed E-state index contributed by atoms with van der Waals surface area (Å²) >= 11 is 2.15. The highest BCUT2D eigenvalue weighted by molar-refractivity contribution is 14.1. The van der Waals surface area contributed by atoms with E-state index in [1.54, 1.807) is 0 Å². The lowest BCUT2D eigenvalue weighted by Gasteiger charge is -2.13. The van der Waals surface area contributed by atoms with Gasteiger partial charge in [0.25, 0.3) is 0 Å². The molecule has 1 aliphatic carbocycles. The number of hydrogen-bond acceptors (Lipinski definition) is 4. The van der Waals surface area contributed by atoms with Crippen LogP contribution in [0.25, 0.3) is 0 Å². The van der Waals surface area contributed by atoms with Crippen LogP contribution in [0.15, 0.2) is 12.1 Å². The average Bonchev–Trinajstić information content (AvgIpc) is 2.81. The molecule has 1 aromatic rings. The van der Waals surface area contributed by atoms with Crippen LogP contribution < -0.4 is 10.1 Å². The highest BCUT2D eigenvalue weighted by Gasteiger charge is 2.38. The van der Waals surface area contributed by atoms with E-state index in [-0.39, 0.29) is 0 Å². The number of aromatic nitrogens is 2. The summed E-state index contributed by atoms with van der Waals surface area (Å²) in [5.41, 5.74) is 0. The molecule has 86 valence electrons. The molecule has 1 aromatic heterocycles. The highest BCUT2D eigenvalue weighted by atomic mass is 127. The van der Waals surface area contributed by atoms with Crippen molar-refractivity contribution in [2.75, 3.05) is 13.1 Å². The maximum absolute atomic E-state index is 5.86. The maximum atomic E-state index is 5.86. The summed E-state index contributed by atoms with van der Waals surface area (Å²) in [4.78, 5) is 0. The summed E-state index contributed by atoms with van der Waals surface area (Å²) in [6.07, 6.45) is 2.66. The smallest absolute Gasteiger partial charge is 0.233 e. The third-order valence-corrected chi connectivity index (χ3v) is 4.08. The van der Waals surface area contributed by atoms with E-state index in [0.717, 1.165) is 41.5 Å². The second kappa shape index (κ2) is 4.44. The van der Waals surface area contributed by atoms with Gasteiger partial charge in [0.1, 0.15) is 9.80 Å². The SMILES string of the molecule is Ic1ccc(O[C@@H]2CC3CNC[C@H]3C2)nn1. The number of halogens is 1. The largest absolute Gasteiger partial charge is 0.473 e. The quantitative estimate of drug-likeness (QED) is 0.834. The van der Waals surface area contributed by atoms with Crippen LogP contribution in [0.3, 0.4) is 0 Å². The van der Waals surface area contributed by atoms with Crippen LogP contribution in [-0.2, 0) is 0 Å². The van der Waals surface area contributed by atoms with Gasteiger partial charge >= 0.3 is 0 Å². The first-order chi connectivity index (χ1) is 7.81. The first-order valence-corrected chi connectivity index (χ1v) is 6.76. The molecule has 3 rings (SSSR count). The molecule has 2 aliphatic rings. The Morgan fingerprint density at radius 1 is 1.19 bits per heavy atom. The molecule has 0 radical (unpaired) electrons. The van der Waals surface area contributed by atoms with E-state index in [1.807, 2.05) is 12.1 Å². The minimum Gasteiger partial charge on any atom is -0.473 e. The lowest BCUT2D eigenvalue weighted by Crippen LogP contribution is -2.19. The molecule has 0 bridgehead atoms. The minimum atomic E-state index is 0.339. The molecule has 1 N–H and O–H groups in total. The van der Waals surface area contributed by atoms with E-state index in [0.29, 0.717) is 12.0 Å². The van der Waals surface area contributed by atoms with Gasteiger partial charge in [0, 0.05) is 6.07 Å².